The molecule has 0 saturated carbocycles. The van der Waals surface area contributed by atoms with Crippen molar-refractivity contribution in [2.75, 3.05) is 0 Å². The van der Waals surface area contributed by atoms with Crippen molar-refractivity contribution >= 4 is 28.8 Å². The number of hydrogen-bond donors (Lipinski definition) is 1. The molecule has 1 amide bonds. The van der Waals surface area contributed by atoms with Crippen molar-refractivity contribution in [3.63, 3.8) is 0 Å². The first kappa shape index (κ1) is 13.0. The summed E-state index contributed by atoms with van der Waals surface area (Å²) in [6, 6.07) is 1.58. The lowest BCUT2D eigenvalue weighted by Crippen LogP contribution is -2.37. The van der Waals surface area contributed by atoms with Crippen molar-refractivity contribution in [3.8, 4) is 6.07 Å². The third-order valence-electron chi connectivity index (χ3n) is 2.20. The first-order valence-corrected chi connectivity index (χ1v) is 6.17. The van der Waals surface area contributed by atoms with Gasteiger partial charge in [0.2, 0.25) is 0 Å². The first-order valence-electron chi connectivity index (χ1n) is 4.91. The van der Waals surface area contributed by atoms with Crippen LogP contribution in [0.15, 0.2) is 5.38 Å². The SMILES string of the molecule is Cc1csc(C(=O)NC(C#N)C(C)C)c1Cl. The van der Waals surface area contributed by atoms with Crippen LogP contribution in [0.3, 0.4) is 0 Å². The number of halogens is 1. The van der Waals surface area contributed by atoms with Crippen molar-refractivity contribution in [1.82, 2.24) is 5.32 Å². The molecule has 3 nitrogen and oxygen atoms in total. The Labute approximate surface area is 104 Å². The molecule has 1 aromatic rings. The second kappa shape index (κ2) is 5.33. The van der Waals surface area contributed by atoms with E-state index in [9.17, 15) is 4.79 Å². The summed E-state index contributed by atoms with van der Waals surface area (Å²) in [5, 5.41) is 13.8. The number of nitriles is 1. The van der Waals surface area contributed by atoms with Gasteiger partial charge in [0.1, 0.15) is 10.9 Å². The van der Waals surface area contributed by atoms with Crippen molar-refractivity contribution in [2.45, 2.75) is 26.8 Å². The van der Waals surface area contributed by atoms with E-state index >= 15 is 0 Å². The molecule has 1 atom stereocenters. The molecule has 0 fully saturated rings. The number of nitrogens with one attached hydrogen (secondary N) is 1. The van der Waals surface area contributed by atoms with Crippen LogP contribution in [0.1, 0.15) is 29.1 Å². The minimum Gasteiger partial charge on any atom is -0.335 e. The molecule has 1 aromatic heterocycles. The highest BCUT2D eigenvalue weighted by molar-refractivity contribution is 7.13. The fourth-order valence-electron chi connectivity index (χ4n) is 1.14. The number of aryl methyl sites for hydroxylation is 1. The highest BCUT2D eigenvalue weighted by atomic mass is 35.5. The fourth-order valence-corrected chi connectivity index (χ4v) is 2.32. The molecule has 1 N–H and O–H groups in total. The number of rotatable bonds is 3. The van der Waals surface area contributed by atoms with Crippen LogP contribution < -0.4 is 5.32 Å². The lowest BCUT2D eigenvalue weighted by Gasteiger charge is -2.14. The van der Waals surface area contributed by atoms with E-state index in [2.05, 4.69) is 11.4 Å². The molecule has 1 rings (SSSR count). The molecule has 5 heteroatoms. The average molecular weight is 257 g/mol. The van der Waals surface area contributed by atoms with Crippen molar-refractivity contribution in [1.29, 1.82) is 5.26 Å². The topological polar surface area (TPSA) is 52.9 Å². The van der Waals surface area contributed by atoms with E-state index in [1.54, 1.807) is 0 Å². The summed E-state index contributed by atoms with van der Waals surface area (Å²) in [4.78, 5) is 12.3. The predicted molar refractivity (Wildman–Crippen MR) is 65.8 cm³/mol. The van der Waals surface area contributed by atoms with Crippen LogP contribution in [0.4, 0.5) is 0 Å². The number of nitrogens with zero attached hydrogens (tertiary/aromatic N) is 1. The maximum atomic E-state index is 11.8. The molecule has 0 aliphatic rings. The maximum Gasteiger partial charge on any atom is 0.263 e. The van der Waals surface area contributed by atoms with Crippen LogP contribution in [0.2, 0.25) is 5.02 Å². The lowest BCUT2D eigenvalue weighted by atomic mass is 10.1. The van der Waals surface area contributed by atoms with Gasteiger partial charge in [0.05, 0.1) is 11.1 Å². The summed E-state index contributed by atoms with van der Waals surface area (Å²) in [6.45, 7) is 5.62. The quantitative estimate of drug-likeness (QED) is 0.904. The molecule has 0 aromatic carbocycles. The molecule has 86 valence electrons. The fraction of sp³-hybridized carbons (Fsp3) is 0.455. The zero-order chi connectivity index (χ0) is 12.3. The van der Waals surface area contributed by atoms with Gasteiger partial charge in [0, 0.05) is 0 Å². The van der Waals surface area contributed by atoms with Crippen LogP contribution in [0.25, 0.3) is 0 Å². The van der Waals surface area contributed by atoms with E-state index in [4.69, 9.17) is 16.9 Å². The van der Waals surface area contributed by atoms with Crippen LogP contribution in [0, 0.1) is 24.2 Å². The Kier molecular flexibility index (Phi) is 4.34. The molecule has 0 bridgehead atoms. The van der Waals surface area contributed by atoms with Gasteiger partial charge in [0.15, 0.2) is 0 Å². The highest BCUT2D eigenvalue weighted by Gasteiger charge is 2.20. The van der Waals surface area contributed by atoms with E-state index in [1.165, 1.54) is 11.3 Å². The number of amides is 1. The van der Waals surface area contributed by atoms with E-state index < -0.39 is 6.04 Å². The van der Waals surface area contributed by atoms with Crippen LogP contribution in [0.5, 0.6) is 0 Å². The Bertz CT molecular complexity index is 434. The molecule has 16 heavy (non-hydrogen) atoms. The van der Waals surface area contributed by atoms with Crippen LogP contribution in [-0.4, -0.2) is 11.9 Å². The number of carbonyl (C=O) groups is 1. The monoisotopic (exact) mass is 256 g/mol. The summed E-state index contributed by atoms with van der Waals surface area (Å²) in [7, 11) is 0. The normalized spacial score (nSPS) is 12.2. The summed E-state index contributed by atoms with van der Waals surface area (Å²) in [5.74, 6) is -0.197. The third kappa shape index (κ3) is 2.75. The Morgan fingerprint density at radius 1 is 1.62 bits per heavy atom. The van der Waals surface area contributed by atoms with Gasteiger partial charge in [-0.2, -0.15) is 5.26 Å². The standard InChI is InChI=1S/C11H13ClN2OS/c1-6(2)8(4-13)14-11(15)10-9(12)7(3)5-16-10/h5-6,8H,1-3H3,(H,14,15). The molecule has 1 heterocycles. The molecule has 0 aliphatic heterocycles. The van der Waals surface area contributed by atoms with Crippen molar-refractivity contribution < 1.29 is 4.79 Å². The molecule has 0 aliphatic carbocycles. The second-order valence-electron chi connectivity index (χ2n) is 3.89. The number of carbonyl (C=O) groups excluding carboxylic acids is 1. The Morgan fingerprint density at radius 3 is 2.62 bits per heavy atom. The van der Waals surface area contributed by atoms with E-state index in [0.29, 0.717) is 9.90 Å². The highest BCUT2D eigenvalue weighted by Crippen LogP contribution is 2.27. The van der Waals surface area contributed by atoms with E-state index in [-0.39, 0.29) is 11.8 Å². The molecule has 0 spiro atoms. The van der Waals surface area contributed by atoms with Gasteiger partial charge in [-0.15, -0.1) is 11.3 Å². The maximum absolute atomic E-state index is 11.8. The van der Waals surface area contributed by atoms with E-state index in [0.717, 1.165) is 5.56 Å². The summed E-state index contributed by atoms with van der Waals surface area (Å²) >= 11 is 7.27. The molecule has 0 saturated heterocycles. The van der Waals surface area contributed by atoms with Gasteiger partial charge < -0.3 is 5.32 Å². The second-order valence-corrected chi connectivity index (χ2v) is 5.14. The predicted octanol–water partition coefficient (Wildman–Crippen LogP) is 2.99. The zero-order valence-corrected chi connectivity index (χ0v) is 10.9. The van der Waals surface area contributed by atoms with Crippen LogP contribution in [-0.2, 0) is 0 Å². The largest absolute Gasteiger partial charge is 0.335 e. The lowest BCUT2D eigenvalue weighted by molar-refractivity contribution is 0.0942. The zero-order valence-electron chi connectivity index (χ0n) is 9.37. The number of hydrogen-bond acceptors (Lipinski definition) is 3. The number of thiophene rings is 1. The molecular formula is C11H13ClN2OS. The minimum absolute atomic E-state index is 0.0776. The first-order chi connectivity index (χ1) is 7.47. The van der Waals surface area contributed by atoms with Crippen LogP contribution >= 0.6 is 22.9 Å². The van der Waals surface area contributed by atoms with Gasteiger partial charge in [0.25, 0.3) is 5.91 Å². The van der Waals surface area contributed by atoms with Crippen molar-refractivity contribution in [3.05, 3.63) is 20.8 Å². The summed E-state index contributed by atoms with van der Waals surface area (Å²) in [5.41, 5.74) is 0.884. The minimum atomic E-state index is -0.481. The third-order valence-corrected chi connectivity index (χ3v) is 3.89. The van der Waals surface area contributed by atoms with Gasteiger partial charge >= 0.3 is 0 Å². The summed E-state index contributed by atoms with van der Waals surface area (Å²) in [6.07, 6.45) is 0. The Morgan fingerprint density at radius 2 is 2.25 bits per heavy atom. The van der Waals surface area contributed by atoms with Gasteiger partial charge in [-0.05, 0) is 23.8 Å². The van der Waals surface area contributed by atoms with Gasteiger partial charge in [-0.1, -0.05) is 25.4 Å². The summed E-state index contributed by atoms with van der Waals surface area (Å²) < 4.78 is 0. The van der Waals surface area contributed by atoms with Gasteiger partial charge in [-0.25, -0.2) is 0 Å². The van der Waals surface area contributed by atoms with E-state index in [1.807, 2.05) is 26.2 Å². The molecular weight excluding hydrogens is 244 g/mol. The average Bonchev–Trinajstić information content (AvgIpc) is 2.55. The van der Waals surface area contributed by atoms with Gasteiger partial charge in [-0.3, -0.25) is 4.79 Å². The van der Waals surface area contributed by atoms with Crippen molar-refractivity contribution in [2.24, 2.45) is 5.92 Å². The smallest absolute Gasteiger partial charge is 0.263 e. The molecule has 0 radical (unpaired) electrons. The Hall–Kier alpha value is -1.05. The Balaban J connectivity index is 2.81. The molecule has 1 unspecified atom stereocenters.